The Hall–Kier alpha value is -1.76. The molecule has 0 bridgehead atoms. The van der Waals surface area contributed by atoms with E-state index >= 15 is 0 Å². The molecule has 98 valence electrons. The van der Waals surface area contributed by atoms with E-state index in [4.69, 9.17) is 0 Å². The van der Waals surface area contributed by atoms with Crippen LogP contribution in [0.15, 0.2) is 12.4 Å². The van der Waals surface area contributed by atoms with Gasteiger partial charge in [0.05, 0.1) is 4.92 Å². The van der Waals surface area contributed by atoms with Gasteiger partial charge in [-0.05, 0) is 19.4 Å². The second-order valence-corrected chi connectivity index (χ2v) is 4.34. The van der Waals surface area contributed by atoms with Crippen molar-refractivity contribution in [2.45, 2.75) is 25.8 Å². The van der Waals surface area contributed by atoms with E-state index in [1.54, 1.807) is 0 Å². The summed E-state index contributed by atoms with van der Waals surface area (Å²) >= 11 is 0. The zero-order valence-electron chi connectivity index (χ0n) is 10.4. The van der Waals surface area contributed by atoms with Gasteiger partial charge in [-0.3, -0.25) is 10.1 Å². The predicted molar refractivity (Wildman–Crippen MR) is 67.6 cm³/mol. The normalized spacial score (nSPS) is 18.8. The van der Waals surface area contributed by atoms with E-state index in [1.165, 1.54) is 12.4 Å². The first kappa shape index (κ1) is 12.7. The van der Waals surface area contributed by atoms with E-state index in [-0.39, 0.29) is 5.69 Å². The number of hydrogen-bond acceptors (Lipinski definition) is 6. The van der Waals surface area contributed by atoms with Crippen LogP contribution in [0.3, 0.4) is 0 Å². The predicted octanol–water partition coefficient (Wildman–Crippen LogP) is 0.963. The van der Waals surface area contributed by atoms with E-state index in [1.807, 2.05) is 0 Å². The van der Waals surface area contributed by atoms with Crippen molar-refractivity contribution >= 4 is 11.6 Å². The molecule has 7 nitrogen and oxygen atoms in total. The summed E-state index contributed by atoms with van der Waals surface area (Å²) in [5.74, 6) is 0.580. The maximum atomic E-state index is 10.6. The van der Waals surface area contributed by atoms with Gasteiger partial charge < -0.3 is 10.2 Å². The minimum Gasteiger partial charge on any atom is -0.337 e. The molecular weight excluding hydrogens is 234 g/mol. The summed E-state index contributed by atoms with van der Waals surface area (Å²) in [7, 11) is 0. The molecular formula is C11H17N5O2. The van der Waals surface area contributed by atoms with E-state index < -0.39 is 4.92 Å². The van der Waals surface area contributed by atoms with Gasteiger partial charge in [0.2, 0.25) is 5.95 Å². The van der Waals surface area contributed by atoms with Crippen LogP contribution in [0.2, 0.25) is 0 Å². The highest BCUT2D eigenvalue weighted by atomic mass is 16.6. The molecule has 1 fully saturated rings. The van der Waals surface area contributed by atoms with Crippen molar-refractivity contribution < 1.29 is 4.92 Å². The lowest BCUT2D eigenvalue weighted by Gasteiger charge is -2.27. The van der Waals surface area contributed by atoms with Crippen LogP contribution in [0.1, 0.15) is 19.8 Å². The van der Waals surface area contributed by atoms with Gasteiger partial charge in [0, 0.05) is 19.1 Å². The topological polar surface area (TPSA) is 84.2 Å². The van der Waals surface area contributed by atoms with Crippen molar-refractivity contribution in [3.05, 3.63) is 22.5 Å². The SMILES string of the molecule is CCCN(c1ncc([N+](=O)[O-])cn1)C1CCNC1. The fourth-order valence-electron chi connectivity index (χ4n) is 2.15. The first-order chi connectivity index (χ1) is 8.72. The lowest BCUT2D eigenvalue weighted by Crippen LogP contribution is -2.38. The average molecular weight is 251 g/mol. The van der Waals surface area contributed by atoms with Crippen LogP contribution in [0.5, 0.6) is 0 Å². The summed E-state index contributed by atoms with van der Waals surface area (Å²) in [6.45, 7) is 4.88. The molecule has 1 aromatic rings. The van der Waals surface area contributed by atoms with Crippen LogP contribution in [0.4, 0.5) is 11.6 Å². The Morgan fingerprint density at radius 2 is 2.28 bits per heavy atom. The highest BCUT2D eigenvalue weighted by Crippen LogP contribution is 2.17. The maximum Gasteiger partial charge on any atom is 0.305 e. The molecule has 1 aromatic heterocycles. The maximum absolute atomic E-state index is 10.6. The molecule has 0 radical (unpaired) electrons. The summed E-state index contributed by atoms with van der Waals surface area (Å²) in [6.07, 6.45) is 4.60. The first-order valence-corrected chi connectivity index (χ1v) is 6.16. The van der Waals surface area contributed by atoms with Gasteiger partial charge in [-0.1, -0.05) is 6.92 Å². The highest BCUT2D eigenvalue weighted by molar-refractivity contribution is 5.35. The average Bonchev–Trinajstić information content (AvgIpc) is 2.90. The number of hydrogen-bond donors (Lipinski definition) is 1. The number of nitro groups is 1. The van der Waals surface area contributed by atoms with Gasteiger partial charge in [-0.2, -0.15) is 0 Å². The summed E-state index contributed by atoms with van der Waals surface area (Å²) < 4.78 is 0. The fraction of sp³-hybridized carbons (Fsp3) is 0.636. The van der Waals surface area contributed by atoms with Crippen LogP contribution in [-0.4, -0.2) is 40.6 Å². The summed E-state index contributed by atoms with van der Waals surface area (Å²) in [6, 6.07) is 0.381. The molecule has 1 atom stereocenters. The molecule has 1 aliphatic rings. The minimum atomic E-state index is -0.481. The lowest BCUT2D eigenvalue weighted by atomic mass is 10.2. The Kier molecular flexibility index (Phi) is 4.03. The summed E-state index contributed by atoms with van der Waals surface area (Å²) in [5.41, 5.74) is -0.0697. The Balaban J connectivity index is 2.16. The van der Waals surface area contributed by atoms with Crippen LogP contribution in [0.25, 0.3) is 0 Å². The van der Waals surface area contributed by atoms with Crippen LogP contribution >= 0.6 is 0 Å². The monoisotopic (exact) mass is 251 g/mol. The number of anilines is 1. The van der Waals surface area contributed by atoms with Crippen molar-refractivity contribution in [3.8, 4) is 0 Å². The zero-order valence-corrected chi connectivity index (χ0v) is 10.4. The largest absolute Gasteiger partial charge is 0.337 e. The Bertz CT molecular complexity index is 402. The van der Waals surface area contributed by atoms with Gasteiger partial charge in [0.15, 0.2) is 0 Å². The van der Waals surface area contributed by atoms with Gasteiger partial charge >= 0.3 is 5.69 Å². The molecule has 0 aromatic carbocycles. The quantitative estimate of drug-likeness (QED) is 0.620. The van der Waals surface area contributed by atoms with Gasteiger partial charge in [-0.25, -0.2) is 9.97 Å². The van der Waals surface area contributed by atoms with Crippen LogP contribution in [-0.2, 0) is 0 Å². The van der Waals surface area contributed by atoms with Crippen LogP contribution < -0.4 is 10.2 Å². The zero-order chi connectivity index (χ0) is 13.0. The van der Waals surface area contributed by atoms with Crippen molar-refractivity contribution in [1.29, 1.82) is 0 Å². The third kappa shape index (κ3) is 2.73. The molecule has 1 unspecified atom stereocenters. The Morgan fingerprint density at radius 3 is 2.78 bits per heavy atom. The molecule has 1 saturated heterocycles. The Morgan fingerprint density at radius 1 is 1.56 bits per heavy atom. The molecule has 2 rings (SSSR count). The van der Waals surface area contributed by atoms with Crippen molar-refractivity contribution in [1.82, 2.24) is 15.3 Å². The molecule has 1 aliphatic heterocycles. The molecule has 0 saturated carbocycles. The molecule has 18 heavy (non-hydrogen) atoms. The van der Waals surface area contributed by atoms with E-state index in [0.29, 0.717) is 12.0 Å². The number of nitrogens with one attached hydrogen (secondary N) is 1. The Labute approximate surface area is 105 Å². The van der Waals surface area contributed by atoms with Crippen LogP contribution in [0, 0.1) is 10.1 Å². The van der Waals surface area contributed by atoms with Gasteiger partial charge in [0.25, 0.3) is 0 Å². The fourth-order valence-corrected chi connectivity index (χ4v) is 2.15. The number of nitrogens with zero attached hydrogens (tertiary/aromatic N) is 4. The molecule has 7 heteroatoms. The number of aromatic nitrogens is 2. The molecule has 1 N–H and O–H groups in total. The third-order valence-electron chi connectivity index (χ3n) is 3.03. The van der Waals surface area contributed by atoms with Crippen molar-refractivity contribution in [2.75, 3.05) is 24.5 Å². The molecule has 0 amide bonds. The molecule has 2 heterocycles. The van der Waals surface area contributed by atoms with Crippen molar-refractivity contribution in [3.63, 3.8) is 0 Å². The number of rotatable bonds is 5. The summed E-state index contributed by atoms with van der Waals surface area (Å²) in [5, 5.41) is 13.9. The van der Waals surface area contributed by atoms with Gasteiger partial charge in [-0.15, -0.1) is 0 Å². The van der Waals surface area contributed by atoms with E-state index in [9.17, 15) is 10.1 Å². The second kappa shape index (κ2) is 5.72. The highest BCUT2D eigenvalue weighted by Gasteiger charge is 2.24. The first-order valence-electron chi connectivity index (χ1n) is 6.16. The van der Waals surface area contributed by atoms with E-state index in [2.05, 4.69) is 27.1 Å². The van der Waals surface area contributed by atoms with E-state index in [0.717, 1.165) is 32.5 Å². The minimum absolute atomic E-state index is 0.0697. The summed E-state index contributed by atoms with van der Waals surface area (Å²) in [4.78, 5) is 20.4. The van der Waals surface area contributed by atoms with Gasteiger partial charge in [0.1, 0.15) is 12.4 Å². The molecule has 0 spiro atoms. The third-order valence-corrected chi connectivity index (χ3v) is 3.03. The molecule has 0 aliphatic carbocycles. The lowest BCUT2D eigenvalue weighted by molar-refractivity contribution is -0.385. The van der Waals surface area contributed by atoms with Crippen molar-refractivity contribution in [2.24, 2.45) is 0 Å². The standard InChI is InChI=1S/C11H17N5O2/c1-2-5-15(9-3-4-12-6-9)11-13-7-10(8-14-11)16(17)18/h7-9,12H,2-6H2,1H3. The second-order valence-electron chi connectivity index (χ2n) is 4.34. The smallest absolute Gasteiger partial charge is 0.305 e.